The van der Waals surface area contributed by atoms with Crippen LogP contribution in [0.4, 0.5) is 11.5 Å². The van der Waals surface area contributed by atoms with Crippen LogP contribution in [0.1, 0.15) is 0 Å². The van der Waals surface area contributed by atoms with Crippen molar-refractivity contribution in [2.45, 2.75) is 11.2 Å². The molecule has 6 N–H and O–H groups in total. The molecule has 0 radical (unpaired) electrons. The van der Waals surface area contributed by atoms with E-state index in [-0.39, 0.29) is 22.4 Å². The highest BCUT2D eigenvalue weighted by Crippen LogP contribution is 2.33. The van der Waals surface area contributed by atoms with Crippen LogP contribution in [0.3, 0.4) is 0 Å². The van der Waals surface area contributed by atoms with E-state index >= 15 is 0 Å². The van der Waals surface area contributed by atoms with Crippen LogP contribution in [-0.4, -0.2) is 42.4 Å². The van der Waals surface area contributed by atoms with E-state index in [1.165, 1.54) is 24.4 Å². The van der Waals surface area contributed by atoms with Gasteiger partial charge in [0.2, 0.25) is 0 Å². The smallest absolute Gasteiger partial charge is 0.264 e. The summed E-state index contributed by atoms with van der Waals surface area (Å²) in [5.74, 6) is -0.140. The number of fused-ring (bicyclic) bond motifs is 1. The Hall–Kier alpha value is -2.92. The van der Waals surface area contributed by atoms with Crippen molar-refractivity contribution in [2.24, 2.45) is 16.5 Å². The molecule has 0 aliphatic heterocycles. The van der Waals surface area contributed by atoms with Gasteiger partial charge in [0.1, 0.15) is 0 Å². The Kier molecular flexibility index (Phi) is 5.89. The lowest BCUT2D eigenvalue weighted by molar-refractivity contribution is -0.0299. The highest BCUT2D eigenvalue weighted by molar-refractivity contribution is 7.92. The second kappa shape index (κ2) is 8.21. The average molecular weight is 436 g/mol. The minimum absolute atomic E-state index is 0.106. The first-order chi connectivity index (χ1) is 13.7. The summed E-state index contributed by atoms with van der Waals surface area (Å²) >= 11 is 6.16. The Balaban J connectivity index is 2.20. The highest BCUT2D eigenvalue weighted by Gasteiger charge is 2.27. The lowest BCUT2D eigenvalue weighted by atomic mass is 10.1. The lowest BCUT2D eigenvalue weighted by Crippen LogP contribution is -2.37. The maximum atomic E-state index is 13.3. The first-order valence-electron chi connectivity index (χ1n) is 8.32. The normalized spacial score (nSPS) is 11.6. The van der Waals surface area contributed by atoms with Crippen LogP contribution in [0.15, 0.2) is 64.6 Å². The third-order valence-corrected chi connectivity index (χ3v) is 6.08. The fraction of sp³-hybridized carbons (Fsp3) is 0.111. The van der Waals surface area contributed by atoms with E-state index in [1.54, 1.807) is 30.3 Å². The molecule has 3 rings (SSSR count). The molecule has 1 aromatic heterocycles. The monoisotopic (exact) mass is 435 g/mol. The van der Waals surface area contributed by atoms with Gasteiger partial charge < -0.3 is 21.7 Å². The van der Waals surface area contributed by atoms with Crippen LogP contribution in [0.2, 0.25) is 5.02 Å². The molecule has 0 saturated carbocycles. The predicted octanol–water partition coefficient (Wildman–Crippen LogP) is 1.30. The number of aliphatic imine (C=N–C) groups is 1. The molecule has 2 aromatic carbocycles. The standard InChI is InChI=1S/C18H18ClN5O4S/c19-15-9-22-17(23-18(20)21)14-8-12(6-7-13(14)15)29(27,28)24(10-16(25)26)11-4-2-1-3-5-11/h1-9,16,25-26H,10H2,(H4,20,21,22,23). The molecule has 0 atom stereocenters. The summed E-state index contributed by atoms with van der Waals surface area (Å²) in [6.45, 7) is -0.557. The number of anilines is 1. The van der Waals surface area contributed by atoms with Crippen LogP contribution in [0.5, 0.6) is 0 Å². The summed E-state index contributed by atoms with van der Waals surface area (Å²) < 4.78 is 27.5. The van der Waals surface area contributed by atoms with Gasteiger partial charge in [0, 0.05) is 17.0 Å². The zero-order valence-electron chi connectivity index (χ0n) is 15.0. The first kappa shape index (κ1) is 20.8. The Labute approximate surface area is 171 Å². The number of halogens is 1. The van der Waals surface area contributed by atoms with Crippen LogP contribution in [-0.2, 0) is 10.0 Å². The summed E-state index contributed by atoms with van der Waals surface area (Å²) in [5.41, 5.74) is 11.1. The van der Waals surface area contributed by atoms with Crippen LogP contribution < -0.4 is 15.8 Å². The van der Waals surface area contributed by atoms with Crippen molar-refractivity contribution in [1.82, 2.24) is 4.98 Å². The van der Waals surface area contributed by atoms with Gasteiger partial charge >= 0.3 is 0 Å². The molecule has 0 unspecified atom stereocenters. The average Bonchev–Trinajstić information content (AvgIpc) is 2.68. The SMILES string of the molecule is NC(N)=Nc1ncc(Cl)c2ccc(S(=O)(=O)N(CC(O)O)c3ccccc3)cc12. The third kappa shape index (κ3) is 4.40. The van der Waals surface area contributed by atoms with Gasteiger partial charge in [0.25, 0.3) is 10.0 Å². The fourth-order valence-corrected chi connectivity index (χ4v) is 4.46. The molecule has 1 heterocycles. The van der Waals surface area contributed by atoms with E-state index in [4.69, 9.17) is 23.1 Å². The van der Waals surface area contributed by atoms with Gasteiger partial charge in [-0.25, -0.2) is 13.4 Å². The molecular weight excluding hydrogens is 418 g/mol. The van der Waals surface area contributed by atoms with Crippen molar-refractivity contribution in [3.63, 3.8) is 0 Å². The summed E-state index contributed by atoms with van der Waals surface area (Å²) in [7, 11) is -4.17. The summed E-state index contributed by atoms with van der Waals surface area (Å²) in [5, 5.41) is 20.0. The number of aromatic nitrogens is 1. The zero-order valence-corrected chi connectivity index (χ0v) is 16.5. The number of rotatable bonds is 6. The maximum Gasteiger partial charge on any atom is 0.264 e. The van der Waals surface area contributed by atoms with Crippen molar-refractivity contribution in [1.29, 1.82) is 0 Å². The molecule has 0 spiro atoms. The quantitative estimate of drug-likeness (QED) is 0.258. The van der Waals surface area contributed by atoms with Gasteiger partial charge in [-0.05, 0) is 24.3 Å². The van der Waals surface area contributed by atoms with Crippen molar-refractivity contribution in [2.75, 3.05) is 10.8 Å². The molecule has 0 aliphatic rings. The Bertz CT molecular complexity index is 1170. The van der Waals surface area contributed by atoms with E-state index in [1.807, 2.05) is 0 Å². The number of para-hydroxylation sites is 1. The van der Waals surface area contributed by atoms with Gasteiger partial charge in [-0.1, -0.05) is 35.9 Å². The molecule has 152 valence electrons. The van der Waals surface area contributed by atoms with Gasteiger partial charge in [0.05, 0.1) is 22.2 Å². The lowest BCUT2D eigenvalue weighted by Gasteiger charge is -2.25. The second-order valence-corrected chi connectivity index (χ2v) is 8.30. The van der Waals surface area contributed by atoms with Crippen molar-refractivity contribution >= 4 is 49.9 Å². The van der Waals surface area contributed by atoms with E-state index in [2.05, 4.69) is 9.98 Å². The maximum absolute atomic E-state index is 13.3. The Morgan fingerprint density at radius 1 is 1.14 bits per heavy atom. The molecular formula is C18H18ClN5O4S. The van der Waals surface area contributed by atoms with Crippen LogP contribution in [0.25, 0.3) is 10.8 Å². The minimum Gasteiger partial charge on any atom is -0.370 e. The zero-order chi connectivity index (χ0) is 21.2. The van der Waals surface area contributed by atoms with Crippen molar-refractivity contribution < 1.29 is 18.6 Å². The molecule has 11 heteroatoms. The molecule has 29 heavy (non-hydrogen) atoms. The highest BCUT2D eigenvalue weighted by atomic mass is 35.5. The predicted molar refractivity (Wildman–Crippen MR) is 111 cm³/mol. The number of aliphatic hydroxyl groups excluding tert-OH is 1. The van der Waals surface area contributed by atoms with Crippen LogP contribution in [0, 0.1) is 0 Å². The molecule has 3 aromatic rings. The summed E-state index contributed by atoms with van der Waals surface area (Å²) in [6.07, 6.45) is -0.517. The number of aliphatic hydroxyl groups is 2. The van der Waals surface area contributed by atoms with Crippen LogP contribution >= 0.6 is 11.6 Å². The summed E-state index contributed by atoms with van der Waals surface area (Å²) in [6, 6.07) is 12.3. The second-order valence-electron chi connectivity index (χ2n) is 6.03. The van der Waals surface area contributed by atoms with Gasteiger partial charge in [-0.3, -0.25) is 4.31 Å². The van der Waals surface area contributed by atoms with E-state index in [0.29, 0.717) is 15.8 Å². The fourth-order valence-electron chi connectivity index (χ4n) is 2.76. The first-order valence-corrected chi connectivity index (χ1v) is 10.1. The largest absolute Gasteiger partial charge is 0.370 e. The number of hydrogen-bond donors (Lipinski definition) is 4. The minimum atomic E-state index is -4.17. The van der Waals surface area contributed by atoms with Gasteiger partial charge in [-0.2, -0.15) is 4.99 Å². The third-order valence-electron chi connectivity index (χ3n) is 3.99. The molecule has 0 aliphatic carbocycles. The molecule has 9 nitrogen and oxygen atoms in total. The number of nitrogens with zero attached hydrogens (tertiary/aromatic N) is 3. The molecule has 0 amide bonds. The molecule has 0 bridgehead atoms. The number of nitrogens with two attached hydrogens (primary N) is 2. The molecule has 0 saturated heterocycles. The number of benzene rings is 2. The van der Waals surface area contributed by atoms with E-state index in [0.717, 1.165) is 4.31 Å². The van der Waals surface area contributed by atoms with E-state index in [9.17, 15) is 18.6 Å². The number of hydrogen-bond acceptors (Lipinski definition) is 6. The number of guanidine groups is 1. The molecule has 0 fully saturated rings. The van der Waals surface area contributed by atoms with E-state index < -0.39 is 22.9 Å². The van der Waals surface area contributed by atoms with Crippen molar-refractivity contribution in [3.8, 4) is 0 Å². The van der Waals surface area contributed by atoms with Gasteiger partial charge in [0.15, 0.2) is 18.1 Å². The van der Waals surface area contributed by atoms with Gasteiger partial charge in [-0.15, -0.1) is 0 Å². The Morgan fingerprint density at radius 3 is 2.45 bits per heavy atom. The van der Waals surface area contributed by atoms with Crippen molar-refractivity contribution in [3.05, 3.63) is 59.8 Å². The topological polar surface area (TPSA) is 155 Å². The number of pyridine rings is 1. The Morgan fingerprint density at radius 2 is 1.83 bits per heavy atom. The number of sulfonamides is 1. The summed E-state index contributed by atoms with van der Waals surface area (Å²) in [4.78, 5) is 7.85.